The Labute approximate surface area is 111 Å². The molecule has 1 aromatic carbocycles. The van der Waals surface area contributed by atoms with Gasteiger partial charge in [-0.05, 0) is 34.5 Å². The second-order valence-electron chi connectivity index (χ2n) is 4.12. The van der Waals surface area contributed by atoms with Crippen LogP contribution < -0.4 is 0 Å². The number of β-amino-alcohol motifs (C(OH)–C–C–N with tert-alkyl or cyclic N) is 1. The maximum atomic E-state index is 12.1. The molecule has 1 amide bonds. The molecule has 1 heterocycles. The highest BCUT2D eigenvalue weighted by atomic mass is 79.9. The van der Waals surface area contributed by atoms with E-state index < -0.39 is 11.0 Å². The van der Waals surface area contributed by atoms with Crippen molar-refractivity contribution in [2.45, 2.75) is 12.5 Å². The highest BCUT2D eigenvalue weighted by molar-refractivity contribution is 9.10. The fourth-order valence-corrected chi connectivity index (χ4v) is 2.29. The number of aliphatic hydroxyl groups is 1. The largest absolute Gasteiger partial charge is 0.391 e. The summed E-state index contributed by atoms with van der Waals surface area (Å²) in [6, 6.07) is 4.26. The predicted octanol–water partition coefficient (Wildman–Crippen LogP) is 1.56. The summed E-state index contributed by atoms with van der Waals surface area (Å²) in [4.78, 5) is 23.8. The van der Waals surface area contributed by atoms with Gasteiger partial charge >= 0.3 is 0 Å². The summed E-state index contributed by atoms with van der Waals surface area (Å²) in [5, 5.41) is 20.2. The number of nitrogens with zero attached hydrogens (tertiary/aromatic N) is 2. The molecular weight excluding hydrogens is 304 g/mol. The molecule has 0 aromatic heterocycles. The van der Waals surface area contributed by atoms with Crippen LogP contribution in [0.1, 0.15) is 16.8 Å². The molecule has 1 aliphatic rings. The fraction of sp³-hybridized carbons (Fsp3) is 0.364. The second kappa shape index (κ2) is 5.03. The molecule has 1 aliphatic heterocycles. The lowest BCUT2D eigenvalue weighted by atomic mass is 10.2. The lowest BCUT2D eigenvalue weighted by molar-refractivity contribution is -0.385. The first-order valence-corrected chi connectivity index (χ1v) is 6.19. The van der Waals surface area contributed by atoms with Crippen molar-refractivity contribution < 1.29 is 14.8 Å². The van der Waals surface area contributed by atoms with Gasteiger partial charge in [-0.3, -0.25) is 14.9 Å². The average Bonchev–Trinajstić information content (AvgIpc) is 2.75. The molecule has 96 valence electrons. The van der Waals surface area contributed by atoms with Crippen molar-refractivity contribution in [3.05, 3.63) is 38.3 Å². The highest BCUT2D eigenvalue weighted by Crippen LogP contribution is 2.26. The van der Waals surface area contributed by atoms with E-state index in [-0.39, 0.29) is 23.7 Å². The van der Waals surface area contributed by atoms with Crippen molar-refractivity contribution in [2.75, 3.05) is 13.1 Å². The van der Waals surface area contributed by atoms with E-state index in [1.165, 1.54) is 23.1 Å². The van der Waals surface area contributed by atoms with E-state index in [0.717, 1.165) is 0 Å². The summed E-state index contributed by atoms with van der Waals surface area (Å²) < 4.78 is 0.338. The van der Waals surface area contributed by atoms with E-state index >= 15 is 0 Å². The van der Waals surface area contributed by atoms with Crippen LogP contribution in [0.2, 0.25) is 0 Å². The molecule has 0 spiro atoms. The maximum Gasteiger partial charge on any atom is 0.284 e. The van der Waals surface area contributed by atoms with Gasteiger partial charge in [0.2, 0.25) is 0 Å². The smallest absolute Gasteiger partial charge is 0.284 e. The second-order valence-corrected chi connectivity index (χ2v) is 4.97. The number of carbonyl (C=O) groups excluding carboxylic acids is 1. The summed E-state index contributed by atoms with van der Waals surface area (Å²) >= 11 is 3.07. The van der Waals surface area contributed by atoms with Gasteiger partial charge in [-0.15, -0.1) is 0 Å². The summed E-state index contributed by atoms with van der Waals surface area (Å²) in [6.07, 6.45) is 0.0454. The molecule has 1 saturated heterocycles. The molecule has 1 fully saturated rings. The molecule has 0 unspecified atom stereocenters. The molecule has 0 bridgehead atoms. The Morgan fingerprint density at radius 1 is 1.56 bits per heavy atom. The number of hydrogen-bond acceptors (Lipinski definition) is 4. The number of nitro benzene ring substituents is 1. The van der Waals surface area contributed by atoms with Crippen LogP contribution in [0.5, 0.6) is 0 Å². The van der Waals surface area contributed by atoms with Gasteiger partial charge in [-0.25, -0.2) is 0 Å². The summed E-state index contributed by atoms with van der Waals surface area (Å²) in [6.45, 7) is 0.757. The quantitative estimate of drug-likeness (QED) is 0.663. The van der Waals surface area contributed by atoms with E-state index in [9.17, 15) is 20.0 Å². The molecule has 0 radical (unpaired) electrons. The van der Waals surface area contributed by atoms with Crippen molar-refractivity contribution in [2.24, 2.45) is 0 Å². The molecule has 1 aromatic rings. The van der Waals surface area contributed by atoms with Gasteiger partial charge in [0.05, 0.1) is 15.5 Å². The van der Waals surface area contributed by atoms with E-state index in [1.807, 2.05) is 0 Å². The monoisotopic (exact) mass is 314 g/mol. The van der Waals surface area contributed by atoms with Crippen molar-refractivity contribution in [3.63, 3.8) is 0 Å². The summed E-state index contributed by atoms with van der Waals surface area (Å²) in [5.74, 6) is -0.290. The number of hydrogen-bond donors (Lipinski definition) is 1. The molecule has 0 saturated carbocycles. The molecule has 7 heteroatoms. The molecule has 6 nitrogen and oxygen atoms in total. The van der Waals surface area contributed by atoms with Crippen LogP contribution >= 0.6 is 15.9 Å². The number of likely N-dealkylation sites (tertiary alicyclic amines) is 1. The van der Waals surface area contributed by atoms with Gasteiger partial charge in [0, 0.05) is 24.7 Å². The van der Waals surface area contributed by atoms with Crippen molar-refractivity contribution in [1.82, 2.24) is 4.90 Å². The number of carbonyl (C=O) groups is 1. The van der Waals surface area contributed by atoms with Crippen LogP contribution in [0, 0.1) is 10.1 Å². The van der Waals surface area contributed by atoms with Crippen LogP contribution in [0.15, 0.2) is 22.7 Å². The SMILES string of the molecule is O=C(c1ccc(Br)c([N+](=O)[O-])c1)N1CC[C@H](O)C1. The van der Waals surface area contributed by atoms with Gasteiger partial charge in [-0.2, -0.15) is 0 Å². The molecule has 18 heavy (non-hydrogen) atoms. The Bertz CT molecular complexity index is 506. The standard InChI is InChI=1S/C11H11BrN2O4/c12-9-2-1-7(5-10(9)14(17)18)11(16)13-4-3-8(15)6-13/h1-2,5,8,15H,3-4,6H2/t8-/m0/s1. The maximum absolute atomic E-state index is 12.1. The minimum Gasteiger partial charge on any atom is -0.391 e. The van der Waals surface area contributed by atoms with Gasteiger partial charge in [0.15, 0.2) is 0 Å². The van der Waals surface area contributed by atoms with Crippen molar-refractivity contribution in [1.29, 1.82) is 0 Å². The molecule has 1 atom stereocenters. The number of nitro groups is 1. The highest BCUT2D eigenvalue weighted by Gasteiger charge is 2.26. The minimum absolute atomic E-state index is 0.138. The van der Waals surface area contributed by atoms with Gasteiger partial charge < -0.3 is 10.0 Å². The van der Waals surface area contributed by atoms with E-state index in [1.54, 1.807) is 0 Å². The Morgan fingerprint density at radius 2 is 2.28 bits per heavy atom. The minimum atomic E-state index is -0.542. The first-order chi connectivity index (χ1) is 8.49. The predicted molar refractivity (Wildman–Crippen MR) is 67.3 cm³/mol. The third-order valence-electron chi connectivity index (χ3n) is 2.84. The average molecular weight is 315 g/mol. The van der Waals surface area contributed by atoms with E-state index in [0.29, 0.717) is 17.4 Å². The lowest BCUT2D eigenvalue weighted by Gasteiger charge is -2.15. The zero-order chi connectivity index (χ0) is 13.3. The zero-order valence-corrected chi connectivity index (χ0v) is 11.0. The third-order valence-corrected chi connectivity index (χ3v) is 3.51. The molecular formula is C11H11BrN2O4. The van der Waals surface area contributed by atoms with E-state index in [2.05, 4.69) is 15.9 Å². The lowest BCUT2D eigenvalue weighted by Crippen LogP contribution is -2.29. The Morgan fingerprint density at radius 3 is 2.83 bits per heavy atom. The van der Waals surface area contributed by atoms with Gasteiger partial charge in [0.1, 0.15) is 0 Å². The number of aliphatic hydroxyl groups excluding tert-OH is 1. The number of amides is 1. The molecule has 1 N–H and O–H groups in total. The number of rotatable bonds is 2. The first-order valence-electron chi connectivity index (χ1n) is 5.40. The first kappa shape index (κ1) is 13.0. The van der Waals surface area contributed by atoms with E-state index in [4.69, 9.17) is 0 Å². The van der Waals surface area contributed by atoms with Crippen molar-refractivity contribution >= 4 is 27.5 Å². The topological polar surface area (TPSA) is 83.7 Å². The number of benzene rings is 1. The fourth-order valence-electron chi connectivity index (χ4n) is 1.89. The zero-order valence-electron chi connectivity index (χ0n) is 9.38. The van der Waals surface area contributed by atoms with Crippen LogP contribution in [0.4, 0.5) is 5.69 Å². The summed E-state index contributed by atoms with van der Waals surface area (Å²) in [5.41, 5.74) is 0.125. The van der Waals surface area contributed by atoms with Crippen molar-refractivity contribution in [3.8, 4) is 0 Å². The normalized spacial score (nSPS) is 19.0. The van der Waals surface area contributed by atoms with Crippen LogP contribution in [-0.2, 0) is 0 Å². The number of halogens is 1. The van der Waals surface area contributed by atoms with Gasteiger partial charge in [0.25, 0.3) is 11.6 Å². The van der Waals surface area contributed by atoms with Crippen LogP contribution in [-0.4, -0.2) is 40.0 Å². The molecule has 0 aliphatic carbocycles. The summed E-state index contributed by atoms with van der Waals surface area (Å²) in [7, 11) is 0. The Kier molecular flexibility index (Phi) is 3.63. The van der Waals surface area contributed by atoms with Gasteiger partial charge in [-0.1, -0.05) is 0 Å². The Balaban J connectivity index is 2.26. The van der Waals surface area contributed by atoms with Crippen LogP contribution in [0.3, 0.4) is 0 Å². The van der Waals surface area contributed by atoms with Crippen LogP contribution in [0.25, 0.3) is 0 Å². The Hall–Kier alpha value is -1.47. The molecule has 2 rings (SSSR count). The third kappa shape index (κ3) is 2.51.